The van der Waals surface area contributed by atoms with Crippen LogP contribution in [0.2, 0.25) is 0 Å². The van der Waals surface area contributed by atoms with E-state index >= 15 is 0 Å². The molecule has 0 radical (unpaired) electrons. The maximum atomic E-state index is 13.5. The van der Waals surface area contributed by atoms with Crippen molar-refractivity contribution in [3.05, 3.63) is 76.9 Å². The molecule has 1 atom stereocenters. The van der Waals surface area contributed by atoms with Crippen LogP contribution in [0.5, 0.6) is 0 Å². The quantitative estimate of drug-likeness (QED) is 0.301. The molecule has 2 aromatic heterocycles. The van der Waals surface area contributed by atoms with Crippen LogP contribution in [-0.4, -0.2) is 39.1 Å². The van der Waals surface area contributed by atoms with E-state index in [1.807, 2.05) is 0 Å². The number of nitrogen functional groups attached to an aromatic ring is 1. The first-order valence-corrected chi connectivity index (χ1v) is 11.7. The van der Waals surface area contributed by atoms with E-state index in [1.165, 1.54) is 30.8 Å². The van der Waals surface area contributed by atoms with E-state index in [-0.39, 0.29) is 55.2 Å². The van der Waals surface area contributed by atoms with Gasteiger partial charge in [-0.1, -0.05) is 12.1 Å². The van der Waals surface area contributed by atoms with Gasteiger partial charge in [0.05, 0.1) is 19.5 Å². The van der Waals surface area contributed by atoms with Crippen LogP contribution in [0, 0.1) is 5.82 Å². The minimum atomic E-state index is -3.81. The third-order valence-corrected chi connectivity index (χ3v) is 6.05. The zero-order valence-electron chi connectivity index (χ0n) is 17.8. The number of benzene rings is 1. The smallest absolute Gasteiger partial charge is 0.356 e. The average Bonchev–Trinajstić information content (AvgIpc) is 3.40. The topological polar surface area (TPSA) is 153 Å². The molecule has 1 unspecified atom stereocenters. The summed E-state index contributed by atoms with van der Waals surface area (Å²) in [4.78, 5) is 22.3. The van der Waals surface area contributed by atoms with E-state index < -0.39 is 25.3 Å². The summed E-state index contributed by atoms with van der Waals surface area (Å²) in [5, 5.41) is 0. The molecule has 1 aliphatic heterocycles. The lowest BCUT2D eigenvalue weighted by Gasteiger charge is -2.19. The highest BCUT2D eigenvalue weighted by molar-refractivity contribution is 7.53. The molecule has 0 spiro atoms. The van der Waals surface area contributed by atoms with E-state index in [2.05, 4.69) is 21.5 Å². The van der Waals surface area contributed by atoms with Crippen molar-refractivity contribution in [3.8, 4) is 0 Å². The second kappa shape index (κ2) is 10.2. The standard InChI is InChI=1S/C20H21FN5O7P/c1-13-30-9-16(33-13)10-32-34(28,31-8-14-3-2-4-15(21)7-14)12-29-6-5-26-11-23-17-18(26)24-20(22)25-19(17)27/h2-4,7,9,11H,1,5-6,8,10,12H2,(H3,22,24,25,27). The summed E-state index contributed by atoms with van der Waals surface area (Å²) in [5.41, 5.74) is 6.02. The predicted octanol–water partition coefficient (Wildman–Crippen LogP) is 2.60. The predicted molar refractivity (Wildman–Crippen MR) is 118 cm³/mol. The first kappa shape index (κ1) is 23.6. The van der Waals surface area contributed by atoms with Gasteiger partial charge in [0.25, 0.3) is 11.5 Å². The van der Waals surface area contributed by atoms with Gasteiger partial charge in [-0.25, -0.2) is 9.37 Å². The summed E-state index contributed by atoms with van der Waals surface area (Å²) < 4.78 is 54.9. The van der Waals surface area contributed by atoms with Crippen molar-refractivity contribution < 1.29 is 32.2 Å². The van der Waals surface area contributed by atoms with Crippen LogP contribution in [0.15, 0.2) is 59.9 Å². The van der Waals surface area contributed by atoms with Gasteiger partial charge in [0, 0.05) is 6.54 Å². The highest BCUT2D eigenvalue weighted by Crippen LogP contribution is 2.49. The fraction of sp³-hybridized carbons (Fsp3) is 0.250. The summed E-state index contributed by atoms with van der Waals surface area (Å²) >= 11 is 0. The summed E-state index contributed by atoms with van der Waals surface area (Å²) in [6, 6.07) is 5.68. The fourth-order valence-electron chi connectivity index (χ4n) is 2.94. The second-order valence-corrected chi connectivity index (χ2v) is 9.06. The number of H-pyrrole nitrogens is 1. The maximum Gasteiger partial charge on any atom is 0.356 e. The number of aromatic nitrogens is 4. The molecule has 0 aliphatic carbocycles. The van der Waals surface area contributed by atoms with Crippen LogP contribution in [0.4, 0.5) is 10.3 Å². The SMILES string of the molecule is C=C1OC=C(COP(=O)(COCCn2cnc3c(=O)[nH]c(N)nc32)OCc2cccc(F)c2)O1. The summed E-state index contributed by atoms with van der Waals surface area (Å²) in [6.45, 7) is 3.41. The lowest BCUT2D eigenvalue weighted by atomic mass is 10.2. The monoisotopic (exact) mass is 493 g/mol. The number of nitrogens with one attached hydrogen (secondary N) is 1. The molecule has 180 valence electrons. The summed E-state index contributed by atoms with van der Waals surface area (Å²) in [7, 11) is -3.81. The number of aromatic amines is 1. The van der Waals surface area contributed by atoms with Crippen LogP contribution in [-0.2, 0) is 41.0 Å². The van der Waals surface area contributed by atoms with E-state index in [9.17, 15) is 13.8 Å². The summed E-state index contributed by atoms with van der Waals surface area (Å²) in [6.07, 6.45) is 2.29. The van der Waals surface area contributed by atoms with Gasteiger partial charge in [0.2, 0.25) is 5.95 Å². The van der Waals surface area contributed by atoms with Crippen molar-refractivity contribution in [1.29, 1.82) is 0 Å². The highest BCUT2D eigenvalue weighted by Gasteiger charge is 2.27. The van der Waals surface area contributed by atoms with Crippen molar-refractivity contribution in [2.45, 2.75) is 13.2 Å². The Labute approximate surface area is 192 Å². The Morgan fingerprint density at radius 2 is 2.12 bits per heavy atom. The first-order valence-electron chi connectivity index (χ1n) is 9.95. The number of fused-ring (bicyclic) bond motifs is 1. The molecule has 0 fully saturated rings. The lowest BCUT2D eigenvalue weighted by Crippen LogP contribution is -2.13. The van der Waals surface area contributed by atoms with Gasteiger partial charge < -0.3 is 29.0 Å². The van der Waals surface area contributed by atoms with E-state index in [0.717, 1.165) is 0 Å². The third-order valence-electron chi connectivity index (χ3n) is 4.51. The lowest BCUT2D eigenvalue weighted by molar-refractivity contribution is 0.114. The third kappa shape index (κ3) is 5.88. The molecule has 0 saturated heterocycles. The van der Waals surface area contributed by atoms with Crippen LogP contribution >= 0.6 is 7.60 Å². The fourth-order valence-corrected chi connectivity index (χ4v) is 4.18. The number of hydrogen-bond donors (Lipinski definition) is 2. The number of anilines is 1. The van der Waals surface area contributed by atoms with Crippen molar-refractivity contribution >= 4 is 24.7 Å². The highest BCUT2D eigenvalue weighted by atomic mass is 31.2. The Morgan fingerprint density at radius 3 is 2.88 bits per heavy atom. The van der Waals surface area contributed by atoms with Gasteiger partial charge in [-0.05, 0) is 24.3 Å². The minimum absolute atomic E-state index is 0.0427. The van der Waals surface area contributed by atoms with Crippen LogP contribution < -0.4 is 11.3 Å². The number of nitrogens with two attached hydrogens (primary N) is 1. The Bertz CT molecular complexity index is 1340. The molecule has 34 heavy (non-hydrogen) atoms. The van der Waals surface area contributed by atoms with Gasteiger partial charge in [-0.3, -0.25) is 18.9 Å². The Kier molecular flexibility index (Phi) is 7.08. The van der Waals surface area contributed by atoms with Crippen molar-refractivity contribution in [2.24, 2.45) is 0 Å². The van der Waals surface area contributed by atoms with Crippen molar-refractivity contribution in [2.75, 3.05) is 25.3 Å². The van der Waals surface area contributed by atoms with Gasteiger partial charge in [-0.15, -0.1) is 0 Å². The molecule has 3 heterocycles. The molecule has 12 nitrogen and oxygen atoms in total. The van der Waals surface area contributed by atoms with E-state index in [1.54, 1.807) is 10.6 Å². The number of imidazole rings is 1. The van der Waals surface area contributed by atoms with Gasteiger partial charge in [0.15, 0.2) is 16.9 Å². The molecule has 0 bridgehead atoms. The number of nitrogens with zero attached hydrogens (tertiary/aromatic N) is 3. The van der Waals surface area contributed by atoms with Crippen molar-refractivity contribution in [3.63, 3.8) is 0 Å². The molecular weight excluding hydrogens is 472 g/mol. The Hall–Kier alpha value is -3.51. The number of hydrogen-bond acceptors (Lipinski definition) is 10. The molecule has 4 rings (SSSR count). The average molecular weight is 493 g/mol. The Balaban J connectivity index is 1.37. The molecule has 3 aromatic rings. The zero-order chi connectivity index (χ0) is 24.1. The van der Waals surface area contributed by atoms with Gasteiger partial charge in [0.1, 0.15) is 25.0 Å². The zero-order valence-corrected chi connectivity index (χ0v) is 18.7. The van der Waals surface area contributed by atoms with Crippen LogP contribution in [0.25, 0.3) is 11.2 Å². The summed E-state index contributed by atoms with van der Waals surface area (Å²) in [5.74, 6) is -0.183. The largest absolute Gasteiger partial charge is 0.431 e. The molecule has 1 aromatic carbocycles. The number of halogens is 1. The maximum absolute atomic E-state index is 13.5. The second-order valence-electron chi connectivity index (χ2n) is 7.06. The van der Waals surface area contributed by atoms with Crippen LogP contribution in [0.3, 0.4) is 0 Å². The van der Waals surface area contributed by atoms with Crippen LogP contribution in [0.1, 0.15) is 5.56 Å². The molecule has 1 aliphatic rings. The Morgan fingerprint density at radius 1 is 1.29 bits per heavy atom. The van der Waals surface area contributed by atoms with Gasteiger partial charge in [-0.2, -0.15) is 4.98 Å². The molecular formula is C20H21FN5O7P. The molecule has 14 heteroatoms. The van der Waals surface area contributed by atoms with Crippen molar-refractivity contribution in [1.82, 2.24) is 19.5 Å². The van der Waals surface area contributed by atoms with E-state index in [0.29, 0.717) is 5.56 Å². The number of ether oxygens (including phenoxy) is 3. The minimum Gasteiger partial charge on any atom is -0.431 e. The van der Waals surface area contributed by atoms with E-state index in [4.69, 9.17) is 29.0 Å². The van der Waals surface area contributed by atoms with Gasteiger partial charge >= 0.3 is 7.60 Å². The molecule has 3 N–H and O–H groups in total. The number of rotatable bonds is 11. The molecule has 0 saturated carbocycles. The normalized spacial score (nSPS) is 15.1. The first-order chi connectivity index (χ1) is 16.3. The molecule has 0 amide bonds.